The second kappa shape index (κ2) is 5.17. The summed E-state index contributed by atoms with van der Waals surface area (Å²) in [6, 6.07) is 4.16. The first-order chi connectivity index (χ1) is 9.28. The van der Waals surface area contributed by atoms with Gasteiger partial charge in [0.05, 0.1) is 0 Å². The highest BCUT2D eigenvalue weighted by atomic mass is 15.1. The van der Waals surface area contributed by atoms with Gasteiger partial charge in [0.25, 0.3) is 0 Å². The number of aromatic nitrogens is 2. The van der Waals surface area contributed by atoms with Crippen molar-refractivity contribution in [2.45, 2.75) is 20.3 Å². The summed E-state index contributed by atoms with van der Waals surface area (Å²) >= 11 is 0. The fraction of sp³-hybridized carbons (Fsp3) is 0.438. The Labute approximate surface area is 114 Å². The van der Waals surface area contributed by atoms with Gasteiger partial charge in [0.15, 0.2) is 0 Å². The summed E-state index contributed by atoms with van der Waals surface area (Å²) in [5, 5.41) is 1.24. The van der Waals surface area contributed by atoms with E-state index in [9.17, 15) is 0 Å². The van der Waals surface area contributed by atoms with Gasteiger partial charge in [-0.3, -0.25) is 4.90 Å². The molecule has 3 heterocycles. The van der Waals surface area contributed by atoms with Crippen LogP contribution in [0.5, 0.6) is 0 Å². The summed E-state index contributed by atoms with van der Waals surface area (Å²) in [4.78, 5) is 10.2. The van der Waals surface area contributed by atoms with Gasteiger partial charge in [-0.1, -0.05) is 19.9 Å². The summed E-state index contributed by atoms with van der Waals surface area (Å²) in [7, 11) is 0. The molecule has 0 unspecified atom stereocenters. The van der Waals surface area contributed by atoms with Crippen molar-refractivity contribution in [3.05, 3.63) is 36.2 Å². The van der Waals surface area contributed by atoms with Crippen LogP contribution in [-0.2, 0) is 0 Å². The van der Waals surface area contributed by atoms with Crippen molar-refractivity contribution in [1.29, 1.82) is 0 Å². The van der Waals surface area contributed by atoms with Crippen molar-refractivity contribution in [1.82, 2.24) is 14.9 Å². The Balaban J connectivity index is 1.96. The number of aromatic amines is 1. The van der Waals surface area contributed by atoms with E-state index in [0.717, 1.165) is 12.2 Å². The molecule has 0 bridgehead atoms. The molecule has 1 aliphatic rings. The highest BCUT2D eigenvalue weighted by Gasteiger charge is 2.19. The Morgan fingerprint density at radius 1 is 1.47 bits per heavy atom. The van der Waals surface area contributed by atoms with Gasteiger partial charge in [-0.25, -0.2) is 4.98 Å². The Kier molecular flexibility index (Phi) is 3.38. The van der Waals surface area contributed by atoms with E-state index < -0.39 is 0 Å². The number of hydrogen-bond donors (Lipinski definition) is 1. The first-order valence-electron chi connectivity index (χ1n) is 7.13. The van der Waals surface area contributed by atoms with Crippen LogP contribution in [0.4, 0.5) is 0 Å². The van der Waals surface area contributed by atoms with Crippen LogP contribution in [0.1, 0.15) is 25.8 Å². The van der Waals surface area contributed by atoms with Crippen LogP contribution in [-0.4, -0.2) is 34.5 Å². The van der Waals surface area contributed by atoms with Gasteiger partial charge in [-0.2, -0.15) is 0 Å². The minimum absolute atomic E-state index is 0.622. The molecule has 0 fully saturated rings. The lowest BCUT2D eigenvalue weighted by atomic mass is 9.96. The molecule has 0 radical (unpaired) electrons. The first kappa shape index (κ1) is 12.4. The number of fused-ring (bicyclic) bond motifs is 1. The van der Waals surface area contributed by atoms with E-state index in [2.05, 4.69) is 47.1 Å². The standard InChI is InChI=1S/C16H21N3/c1-3-7-19-10-12(2)8-13(11-19)15-9-18-16-14(15)5-4-6-17-16/h4-6,8-9,12H,3,7,10-11H2,1-2H3,(H,17,18)/t12-/m0/s1. The number of pyridine rings is 1. The van der Waals surface area contributed by atoms with E-state index >= 15 is 0 Å². The Hall–Kier alpha value is -1.61. The summed E-state index contributed by atoms with van der Waals surface area (Å²) in [5.74, 6) is 0.622. The molecule has 0 saturated carbocycles. The van der Waals surface area contributed by atoms with Gasteiger partial charge in [0, 0.05) is 36.4 Å². The summed E-state index contributed by atoms with van der Waals surface area (Å²) in [5.41, 5.74) is 3.74. The van der Waals surface area contributed by atoms with E-state index in [1.807, 2.05) is 12.3 Å². The van der Waals surface area contributed by atoms with Crippen LogP contribution in [0.2, 0.25) is 0 Å². The Morgan fingerprint density at radius 3 is 3.21 bits per heavy atom. The average Bonchev–Trinajstić information content (AvgIpc) is 2.82. The molecule has 0 amide bonds. The van der Waals surface area contributed by atoms with Gasteiger partial charge < -0.3 is 4.98 Å². The average molecular weight is 255 g/mol. The maximum absolute atomic E-state index is 4.37. The zero-order valence-corrected chi connectivity index (χ0v) is 11.7. The van der Waals surface area contributed by atoms with Crippen LogP contribution in [0.3, 0.4) is 0 Å². The molecule has 0 aromatic carbocycles. The smallest absolute Gasteiger partial charge is 0.137 e. The number of H-pyrrole nitrogens is 1. The van der Waals surface area contributed by atoms with E-state index in [-0.39, 0.29) is 0 Å². The van der Waals surface area contributed by atoms with E-state index in [1.54, 1.807) is 0 Å². The molecule has 1 aliphatic heterocycles. The zero-order valence-electron chi connectivity index (χ0n) is 11.7. The van der Waals surface area contributed by atoms with Crippen LogP contribution in [0.15, 0.2) is 30.6 Å². The minimum atomic E-state index is 0.622. The van der Waals surface area contributed by atoms with Gasteiger partial charge in [-0.05, 0) is 36.6 Å². The molecule has 3 nitrogen and oxygen atoms in total. The van der Waals surface area contributed by atoms with Crippen molar-refractivity contribution in [2.24, 2.45) is 5.92 Å². The topological polar surface area (TPSA) is 31.9 Å². The van der Waals surface area contributed by atoms with Crippen LogP contribution in [0.25, 0.3) is 16.6 Å². The second-order valence-corrected chi connectivity index (χ2v) is 5.51. The van der Waals surface area contributed by atoms with Crippen molar-refractivity contribution < 1.29 is 0 Å². The maximum atomic E-state index is 4.37. The van der Waals surface area contributed by atoms with Crippen molar-refractivity contribution in [3.8, 4) is 0 Å². The summed E-state index contributed by atoms with van der Waals surface area (Å²) in [6.07, 6.45) is 7.58. The van der Waals surface area contributed by atoms with Crippen molar-refractivity contribution >= 4 is 16.6 Å². The third-order valence-electron chi connectivity index (χ3n) is 3.76. The van der Waals surface area contributed by atoms with E-state index in [4.69, 9.17) is 0 Å². The molecule has 3 heteroatoms. The second-order valence-electron chi connectivity index (χ2n) is 5.51. The highest BCUT2D eigenvalue weighted by Crippen LogP contribution is 2.28. The number of nitrogens with zero attached hydrogens (tertiary/aromatic N) is 2. The van der Waals surface area contributed by atoms with Crippen LogP contribution < -0.4 is 0 Å². The van der Waals surface area contributed by atoms with Gasteiger partial charge in [0.1, 0.15) is 5.65 Å². The number of nitrogens with one attached hydrogen (secondary N) is 1. The molecular weight excluding hydrogens is 234 g/mol. The Morgan fingerprint density at radius 2 is 2.37 bits per heavy atom. The lowest BCUT2D eigenvalue weighted by Gasteiger charge is -2.30. The highest BCUT2D eigenvalue weighted by molar-refractivity contribution is 5.91. The maximum Gasteiger partial charge on any atom is 0.137 e. The van der Waals surface area contributed by atoms with Gasteiger partial charge in [-0.15, -0.1) is 0 Å². The lowest BCUT2D eigenvalue weighted by molar-refractivity contribution is 0.273. The molecule has 0 saturated heterocycles. The van der Waals surface area contributed by atoms with Crippen LogP contribution >= 0.6 is 0 Å². The SMILES string of the molecule is CCCN1CC(c2c[nH]c3ncccc23)=C[C@H](C)C1. The zero-order chi connectivity index (χ0) is 13.2. The molecule has 1 atom stereocenters. The largest absolute Gasteiger partial charge is 0.346 e. The molecule has 2 aromatic heterocycles. The molecule has 19 heavy (non-hydrogen) atoms. The van der Waals surface area contributed by atoms with E-state index in [1.165, 1.54) is 36.0 Å². The quantitative estimate of drug-likeness (QED) is 0.912. The van der Waals surface area contributed by atoms with E-state index in [0.29, 0.717) is 5.92 Å². The fourth-order valence-corrected chi connectivity index (χ4v) is 3.04. The first-order valence-corrected chi connectivity index (χ1v) is 7.13. The molecule has 2 aromatic rings. The molecule has 0 spiro atoms. The number of hydrogen-bond acceptors (Lipinski definition) is 2. The predicted octanol–water partition coefficient (Wildman–Crippen LogP) is 3.31. The van der Waals surface area contributed by atoms with Crippen LogP contribution in [0, 0.1) is 5.92 Å². The molecule has 0 aliphatic carbocycles. The number of rotatable bonds is 3. The van der Waals surface area contributed by atoms with Crippen molar-refractivity contribution in [3.63, 3.8) is 0 Å². The molecule has 1 N–H and O–H groups in total. The van der Waals surface area contributed by atoms with Gasteiger partial charge in [0.2, 0.25) is 0 Å². The third-order valence-corrected chi connectivity index (χ3v) is 3.76. The third kappa shape index (κ3) is 2.43. The predicted molar refractivity (Wildman–Crippen MR) is 80.0 cm³/mol. The summed E-state index contributed by atoms with van der Waals surface area (Å²) in [6.45, 7) is 7.97. The normalized spacial score (nSPS) is 20.7. The molecule has 3 rings (SSSR count). The Bertz CT molecular complexity index is 597. The molecule has 100 valence electrons. The van der Waals surface area contributed by atoms with Gasteiger partial charge >= 0.3 is 0 Å². The van der Waals surface area contributed by atoms with Crippen molar-refractivity contribution in [2.75, 3.05) is 19.6 Å². The molecular formula is C16H21N3. The fourth-order valence-electron chi connectivity index (χ4n) is 3.04. The summed E-state index contributed by atoms with van der Waals surface area (Å²) < 4.78 is 0. The minimum Gasteiger partial charge on any atom is -0.346 e. The monoisotopic (exact) mass is 255 g/mol. The lowest BCUT2D eigenvalue weighted by Crippen LogP contribution is -2.34.